The number of methoxy groups -OCH3 is 1. The highest BCUT2D eigenvalue weighted by molar-refractivity contribution is 5.97. The maximum absolute atomic E-state index is 12.9. The van der Waals surface area contributed by atoms with Crippen molar-refractivity contribution in [3.8, 4) is 17.3 Å². The third-order valence-corrected chi connectivity index (χ3v) is 5.00. The normalized spacial score (nSPS) is 17.7. The molecule has 28 heavy (non-hydrogen) atoms. The van der Waals surface area contributed by atoms with Crippen LogP contribution < -0.4 is 9.64 Å². The number of hydrogen-bond acceptors (Lipinski definition) is 6. The standard InChI is InChI=1S/C21H22N4O3/c1-15-21(26)25(17-5-7-18(27-2)8-6-17)10-9-24(15)14-16-12-22-20(23-13-16)19-4-3-11-28-19/h3-8,11-13,15H,9-10,14H2,1-2H3/t15-/m0/s1. The van der Waals surface area contributed by atoms with Crippen LogP contribution in [0.5, 0.6) is 5.75 Å². The molecule has 0 saturated carbocycles. The minimum absolute atomic E-state index is 0.0875. The van der Waals surface area contributed by atoms with E-state index >= 15 is 0 Å². The molecule has 0 N–H and O–H groups in total. The first kappa shape index (κ1) is 18.2. The van der Waals surface area contributed by atoms with Gasteiger partial charge in [0, 0.05) is 43.3 Å². The molecule has 0 aliphatic carbocycles. The van der Waals surface area contributed by atoms with Gasteiger partial charge in [-0.25, -0.2) is 9.97 Å². The van der Waals surface area contributed by atoms with Crippen molar-refractivity contribution in [2.75, 3.05) is 25.1 Å². The largest absolute Gasteiger partial charge is 0.497 e. The summed E-state index contributed by atoms with van der Waals surface area (Å²) in [5, 5.41) is 0. The van der Waals surface area contributed by atoms with Gasteiger partial charge in [0.2, 0.25) is 5.91 Å². The smallest absolute Gasteiger partial charge is 0.244 e. The molecule has 0 bridgehead atoms. The van der Waals surface area contributed by atoms with Crippen molar-refractivity contribution in [2.24, 2.45) is 0 Å². The van der Waals surface area contributed by atoms with Crippen LogP contribution in [-0.4, -0.2) is 47.0 Å². The topological polar surface area (TPSA) is 71.7 Å². The van der Waals surface area contributed by atoms with Gasteiger partial charge in [0.1, 0.15) is 5.75 Å². The summed E-state index contributed by atoms with van der Waals surface area (Å²) in [5.41, 5.74) is 1.86. The van der Waals surface area contributed by atoms with Crippen molar-refractivity contribution in [3.05, 3.63) is 60.6 Å². The van der Waals surface area contributed by atoms with Crippen LogP contribution in [0.15, 0.2) is 59.5 Å². The zero-order chi connectivity index (χ0) is 19.5. The molecule has 7 heteroatoms. The maximum atomic E-state index is 12.9. The second-order valence-electron chi connectivity index (χ2n) is 6.73. The third-order valence-electron chi connectivity index (χ3n) is 5.00. The highest BCUT2D eigenvalue weighted by atomic mass is 16.5. The number of anilines is 1. The number of hydrogen-bond donors (Lipinski definition) is 0. The third kappa shape index (κ3) is 3.61. The Labute approximate surface area is 163 Å². The predicted octanol–water partition coefficient (Wildman–Crippen LogP) is 2.98. The lowest BCUT2D eigenvalue weighted by Crippen LogP contribution is -2.55. The van der Waals surface area contributed by atoms with Gasteiger partial charge < -0.3 is 14.1 Å². The van der Waals surface area contributed by atoms with Crippen LogP contribution in [-0.2, 0) is 11.3 Å². The number of ether oxygens (including phenoxy) is 1. The molecule has 1 atom stereocenters. The molecule has 2 aromatic heterocycles. The summed E-state index contributed by atoms with van der Waals surface area (Å²) in [5.74, 6) is 2.07. The highest BCUT2D eigenvalue weighted by Crippen LogP contribution is 2.24. The van der Waals surface area contributed by atoms with Crippen molar-refractivity contribution in [3.63, 3.8) is 0 Å². The van der Waals surface area contributed by atoms with Gasteiger partial charge in [-0.15, -0.1) is 0 Å². The van der Waals surface area contributed by atoms with Gasteiger partial charge in [0.05, 0.1) is 19.4 Å². The first-order valence-corrected chi connectivity index (χ1v) is 9.20. The summed E-state index contributed by atoms with van der Waals surface area (Å²) < 4.78 is 10.5. The molecule has 1 saturated heterocycles. The Morgan fingerprint density at radius 3 is 2.54 bits per heavy atom. The lowest BCUT2D eigenvalue weighted by atomic mass is 10.1. The number of nitrogens with zero attached hydrogens (tertiary/aromatic N) is 4. The first-order chi connectivity index (χ1) is 13.7. The second-order valence-corrected chi connectivity index (χ2v) is 6.73. The monoisotopic (exact) mass is 378 g/mol. The molecule has 3 aromatic rings. The van der Waals surface area contributed by atoms with Gasteiger partial charge in [-0.05, 0) is 43.3 Å². The van der Waals surface area contributed by atoms with Crippen LogP contribution >= 0.6 is 0 Å². The zero-order valence-electron chi connectivity index (χ0n) is 15.9. The van der Waals surface area contributed by atoms with E-state index in [1.807, 2.05) is 48.2 Å². The maximum Gasteiger partial charge on any atom is 0.244 e. The van der Waals surface area contributed by atoms with Crippen molar-refractivity contribution in [1.29, 1.82) is 0 Å². The van der Waals surface area contributed by atoms with Crippen LogP contribution in [0.3, 0.4) is 0 Å². The molecular formula is C21H22N4O3. The Balaban J connectivity index is 1.42. The van der Waals surface area contributed by atoms with Crippen molar-refractivity contribution < 1.29 is 13.9 Å². The number of benzene rings is 1. The van der Waals surface area contributed by atoms with E-state index in [2.05, 4.69) is 14.9 Å². The fourth-order valence-electron chi connectivity index (χ4n) is 3.35. The molecule has 7 nitrogen and oxygen atoms in total. The Kier molecular flexibility index (Phi) is 5.08. The minimum atomic E-state index is -0.222. The summed E-state index contributed by atoms with van der Waals surface area (Å²) in [4.78, 5) is 25.6. The van der Waals surface area contributed by atoms with Crippen LogP contribution in [0.2, 0.25) is 0 Å². The average molecular weight is 378 g/mol. The van der Waals surface area contributed by atoms with Gasteiger partial charge in [-0.1, -0.05) is 0 Å². The number of carbonyl (C=O) groups excluding carboxylic acids is 1. The molecule has 1 aliphatic heterocycles. The highest BCUT2D eigenvalue weighted by Gasteiger charge is 2.32. The quantitative estimate of drug-likeness (QED) is 0.680. The number of carbonyl (C=O) groups is 1. The molecule has 144 valence electrons. The fourth-order valence-corrected chi connectivity index (χ4v) is 3.35. The SMILES string of the molecule is COc1ccc(N2CCN(Cc3cnc(-c4ccco4)nc3)[C@@H](C)C2=O)cc1. The van der Waals surface area contributed by atoms with Gasteiger partial charge in [-0.3, -0.25) is 9.69 Å². The van der Waals surface area contributed by atoms with E-state index in [1.165, 1.54) is 0 Å². The summed E-state index contributed by atoms with van der Waals surface area (Å²) in [6.07, 6.45) is 5.18. The molecule has 0 radical (unpaired) electrons. The second kappa shape index (κ2) is 7.82. The van der Waals surface area contributed by atoms with E-state index in [-0.39, 0.29) is 11.9 Å². The summed E-state index contributed by atoms with van der Waals surface area (Å²) >= 11 is 0. The summed E-state index contributed by atoms with van der Waals surface area (Å²) in [7, 11) is 1.63. The van der Waals surface area contributed by atoms with Gasteiger partial charge in [0.15, 0.2) is 11.6 Å². The zero-order valence-corrected chi connectivity index (χ0v) is 15.9. The first-order valence-electron chi connectivity index (χ1n) is 9.20. The van der Waals surface area contributed by atoms with Crippen molar-refractivity contribution in [1.82, 2.24) is 14.9 Å². The summed E-state index contributed by atoms with van der Waals surface area (Å²) in [6, 6.07) is 11.0. The molecule has 0 spiro atoms. The van der Waals surface area contributed by atoms with E-state index < -0.39 is 0 Å². The number of furan rings is 1. The van der Waals surface area contributed by atoms with Crippen LogP contribution in [0.4, 0.5) is 5.69 Å². The molecule has 1 aromatic carbocycles. The lowest BCUT2D eigenvalue weighted by molar-refractivity contribution is -0.125. The van der Waals surface area contributed by atoms with E-state index in [0.717, 1.165) is 23.5 Å². The molecule has 1 fully saturated rings. The molecule has 4 rings (SSSR count). The van der Waals surface area contributed by atoms with Gasteiger partial charge >= 0.3 is 0 Å². The lowest BCUT2D eigenvalue weighted by Gasteiger charge is -2.39. The molecule has 1 aliphatic rings. The van der Waals surface area contributed by atoms with E-state index in [9.17, 15) is 4.79 Å². The number of rotatable bonds is 5. The van der Waals surface area contributed by atoms with E-state index in [0.29, 0.717) is 24.7 Å². The van der Waals surface area contributed by atoms with Crippen molar-refractivity contribution >= 4 is 11.6 Å². The van der Waals surface area contributed by atoms with Crippen LogP contribution in [0.1, 0.15) is 12.5 Å². The molecular weight excluding hydrogens is 356 g/mol. The minimum Gasteiger partial charge on any atom is -0.497 e. The number of amides is 1. The molecule has 1 amide bonds. The van der Waals surface area contributed by atoms with Crippen molar-refractivity contribution in [2.45, 2.75) is 19.5 Å². The van der Waals surface area contributed by atoms with E-state index in [4.69, 9.17) is 9.15 Å². The Morgan fingerprint density at radius 2 is 1.89 bits per heavy atom. The van der Waals surface area contributed by atoms with Crippen LogP contribution in [0.25, 0.3) is 11.6 Å². The Bertz CT molecular complexity index is 923. The Hall–Kier alpha value is -3.19. The van der Waals surface area contributed by atoms with Crippen LogP contribution in [0, 0.1) is 0 Å². The Morgan fingerprint density at radius 1 is 1.14 bits per heavy atom. The van der Waals surface area contributed by atoms with Gasteiger partial charge in [0.25, 0.3) is 0 Å². The van der Waals surface area contributed by atoms with Gasteiger partial charge in [-0.2, -0.15) is 0 Å². The van der Waals surface area contributed by atoms with E-state index in [1.54, 1.807) is 25.8 Å². The molecule has 3 heterocycles. The number of aromatic nitrogens is 2. The average Bonchev–Trinajstić information content (AvgIpc) is 3.27. The summed E-state index contributed by atoms with van der Waals surface area (Å²) in [6.45, 7) is 3.98. The molecule has 0 unspecified atom stereocenters. The fraction of sp³-hybridized carbons (Fsp3) is 0.286. The number of piperazine rings is 1. The predicted molar refractivity (Wildman–Crippen MR) is 105 cm³/mol.